The Hall–Kier alpha value is 0.250. The molecule has 2 heteroatoms. The Morgan fingerprint density at radius 2 is 1.78 bits per heavy atom. The topological polar surface area (TPSA) is 26.0 Å². The number of halogens is 1. The molecule has 1 nitrogen and oxygen atoms in total. The molecule has 9 heavy (non-hydrogen) atoms. The van der Waals surface area contributed by atoms with Crippen molar-refractivity contribution >= 4 is 12.4 Å². The van der Waals surface area contributed by atoms with Gasteiger partial charge in [0, 0.05) is 6.04 Å². The predicted octanol–water partition coefficient (Wildman–Crippen LogP) is 2.19. The number of nitrogens with two attached hydrogens (primary N) is 1. The minimum atomic E-state index is 0. The van der Waals surface area contributed by atoms with Crippen molar-refractivity contribution < 1.29 is 0 Å². The maximum absolute atomic E-state index is 5.68. The minimum absolute atomic E-state index is 0. The first-order valence-electron chi connectivity index (χ1n) is 3.26. The quantitative estimate of drug-likeness (QED) is 0.644. The number of rotatable bonds is 2. The summed E-state index contributed by atoms with van der Waals surface area (Å²) in [7, 11) is 0. The number of hydrogen-bond donors (Lipinski definition) is 1. The van der Waals surface area contributed by atoms with Crippen LogP contribution in [0.15, 0.2) is 0 Å². The molecular formula is C7H18ClN. The molecule has 58 valence electrons. The molecule has 0 aliphatic rings. The van der Waals surface area contributed by atoms with E-state index < -0.39 is 0 Å². The fourth-order valence-corrected chi connectivity index (χ4v) is 0.322. The Morgan fingerprint density at radius 3 is 1.78 bits per heavy atom. The van der Waals surface area contributed by atoms with Crippen molar-refractivity contribution in [2.24, 2.45) is 11.1 Å². The first-order chi connectivity index (χ1) is 3.50. The summed E-state index contributed by atoms with van der Waals surface area (Å²) in [6.45, 7) is 8.61. The van der Waals surface area contributed by atoms with Crippen LogP contribution in [0.3, 0.4) is 0 Å². The molecule has 0 radical (unpaired) electrons. The lowest BCUT2D eigenvalue weighted by Crippen LogP contribution is -2.33. The van der Waals surface area contributed by atoms with Gasteiger partial charge in [-0.25, -0.2) is 0 Å². The molecule has 0 saturated carbocycles. The van der Waals surface area contributed by atoms with E-state index in [0.29, 0.717) is 11.5 Å². The molecule has 0 fully saturated rings. The van der Waals surface area contributed by atoms with Crippen molar-refractivity contribution in [2.75, 3.05) is 0 Å². The fraction of sp³-hybridized carbons (Fsp3) is 1.00. The van der Waals surface area contributed by atoms with E-state index >= 15 is 0 Å². The molecule has 0 aliphatic carbocycles. The third-order valence-electron chi connectivity index (χ3n) is 2.14. The fourth-order valence-electron chi connectivity index (χ4n) is 0.322. The predicted molar refractivity (Wildman–Crippen MR) is 45.0 cm³/mol. The van der Waals surface area contributed by atoms with Gasteiger partial charge >= 0.3 is 0 Å². The van der Waals surface area contributed by atoms with Gasteiger partial charge in [0.2, 0.25) is 0 Å². The highest BCUT2D eigenvalue weighted by molar-refractivity contribution is 5.85. The van der Waals surface area contributed by atoms with Gasteiger partial charge in [0.1, 0.15) is 0 Å². The lowest BCUT2D eigenvalue weighted by Gasteiger charge is -2.26. The molecule has 1 atom stereocenters. The van der Waals surface area contributed by atoms with E-state index in [4.69, 9.17) is 5.73 Å². The van der Waals surface area contributed by atoms with Crippen molar-refractivity contribution in [1.29, 1.82) is 0 Å². The SMILES string of the molecule is CCC(C)(C)C(C)N.Cl. The van der Waals surface area contributed by atoms with Crippen molar-refractivity contribution in [2.45, 2.75) is 40.2 Å². The van der Waals surface area contributed by atoms with Gasteiger partial charge in [-0.1, -0.05) is 20.8 Å². The summed E-state index contributed by atoms with van der Waals surface area (Å²) in [5, 5.41) is 0. The van der Waals surface area contributed by atoms with E-state index in [1.807, 2.05) is 0 Å². The van der Waals surface area contributed by atoms with E-state index in [2.05, 4.69) is 27.7 Å². The van der Waals surface area contributed by atoms with Crippen LogP contribution >= 0.6 is 12.4 Å². The molecule has 0 rings (SSSR count). The molecule has 0 aliphatic heterocycles. The van der Waals surface area contributed by atoms with Crippen LogP contribution in [0, 0.1) is 5.41 Å². The summed E-state index contributed by atoms with van der Waals surface area (Å²) >= 11 is 0. The van der Waals surface area contributed by atoms with Gasteiger partial charge in [0.05, 0.1) is 0 Å². The Bertz CT molecular complexity index is 69.3. The van der Waals surface area contributed by atoms with Crippen LogP contribution in [0.25, 0.3) is 0 Å². The second-order valence-electron chi connectivity index (χ2n) is 3.13. The van der Waals surface area contributed by atoms with Crippen LogP contribution in [0.4, 0.5) is 0 Å². The zero-order valence-electron chi connectivity index (χ0n) is 6.77. The van der Waals surface area contributed by atoms with E-state index in [1.54, 1.807) is 0 Å². The molecule has 0 saturated heterocycles. The summed E-state index contributed by atoms with van der Waals surface area (Å²) in [5.41, 5.74) is 6.00. The minimum Gasteiger partial charge on any atom is -0.327 e. The van der Waals surface area contributed by atoms with Gasteiger partial charge in [-0.3, -0.25) is 0 Å². The molecule has 0 aromatic carbocycles. The van der Waals surface area contributed by atoms with Gasteiger partial charge in [0.15, 0.2) is 0 Å². The molecule has 2 N–H and O–H groups in total. The Morgan fingerprint density at radius 1 is 1.44 bits per heavy atom. The second kappa shape index (κ2) is 4.13. The molecule has 0 bridgehead atoms. The first kappa shape index (κ1) is 12.0. The summed E-state index contributed by atoms with van der Waals surface area (Å²) < 4.78 is 0. The van der Waals surface area contributed by atoms with E-state index in [9.17, 15) is 0 Å². The van der Waals surface area contributed by atoms with Crippen LogP contribution in [-0.4, -0.2) is 6.04 Å². The summed E-state index contributed by atoms with van der Waals surface area (Å²) in [4.78, 5) is 0. The zero-order valence-corrected chi connectivity index (χ0v) is 7.59. The van der Waals surface area contributed by atoms with Crippen LogP contribution in [0.5, 0.6) is 0 Å². The Balaban J connectivity index is 0. The van der Waals surface area contributed by atoms with Crippen LogP contribution in [-0.2, 0) is 0 Å². The van der Waals surface area contributed by atoms with Crippen LogP contribution in [0.2, 0.25) is 0 Å². The lowest BCUT2D eigenvalue weighted by atomic mass is 9.84. The monoisotopic (exact) mass is 151 g/mol. The standard InChI is InChI=1S/C7H17N.ClH/c1-5-7(3,4)6(2)8;/h6H,5,8H2,1-4H3;1H. The first-order valence-corrected chi connectivity index (χ1v) is 3.26. The van der Waals surface area contributed by atoms with Crippen molar-refractivity contribution in [3.63, 3.8) is 0 Å². The maximum atomic E-state index is 5.68. The second-order valence-corrected chi connectivity index (χ2v) is 3.13. The van der Waals surface area contributed by atoms with Crippen molar-refractivity contribution in [3.8, 4) is 0 Å². The molecular weight excluding hydrogens is 134 g/mol. The van der Waals surface area contributed by atoms with Crippen molar-refractivity contribution in [1.82, 2.24) is 0 Å². The third-order valence-corrected chi connectivity index (χ3v) is 2.14. The maximum Gasteiger partial charge on any atom is 0.00616 e. The van der Waals surface area contributed by atoms with Gasteiger partial charge < -0.3 is 5.73 Å². The highest BCUT2D eigenvalue weighted by Gasteiger charge is 2.19. The third kappa shape index (κ3) is 3.77. The molecule has 0 aromatic heterocycles. The van der Waals surface area contributed by atoms with Gasteiger partial charge in [-0.05, 0) is 18.8 Å². The molecule has 0 spiro atoms. The molecule has 0 amide bonds. The Labute approximate surface area is 64.4 Å². The van der Waals surface area contributed by atoms with E-state index in [0.717, 1.165) is 6.42 Å². The average Bonchev–Trinajstić information content (AvgIpc) is 1.67. The van der Waals surface area contributed by atoms with Crippen LogP contribution in [0.1, 0.15) is 34.1 Å². The van der Waals surface area contributed by atoms with Gasteiger partial charge in [-0.2, -0.15) is 0 Å². The van der Waals surface area contributed by atoms with Gasteiger partial charge in [0.25, 0.3) is 0 Å². The van der Waals surface area contributed by atoms with E-state index in [1.165, 1.54) is 0 Å². The number of hydrogen-bond acceptors (Lipinski definition) is 1. The Kier molecular flexibility index (Phi) is 5.49. The summed E-state index contributed by atoms with van der Waals surface area (Å²) in [6.07, 6.45) is 1.16. The van der Waals surface area contributed by atoms with Crippen molar-refractivity contribution in [3.05, 3.63) is 0 Å². The van der Waals surface area contributed by atoms with E-state index in [-0.39, 0.29) is 12.4 Å². The normalized spacial score (nSPS) is 14.3. The van der Waals surface area contributed by atoms with Crippen LogP contribution < -0.4 is 5.73 Å². The highest BCUT2D eigenvalue weighted by atomic mass is 35.5. The largest absolute Gasteiger partial charge is 0.327 e. The molecule has 1 unspecified atom stereocenters. The lowest BCUT2D eigenvalue weighted by molar-refractivity contribution is 0.290. The van der Waals surface area contributed by atoms with Gasteiger partial charge in [-0.15, -0.1) is 12.4 Å². The summed E-state index contributed by atoms with van der Waals surface area (Å²) in [5.74, 6) is 0. The highest BCUT2D eigenvalue weighted by Crippen LogP contribution is 2.22. The average molecular weight is 152 g/mol. The summed E-state index contributed by atoms with van der Waals surface area (Å²) in [6, 6.07) is 0.312. The zero-order chi connectivity index (χ0) is 6.78. The molecule has 0 heterocycles. The molecule has 0 aromatic rings. The smallest absolute Gasteiger partial charge is 0.00616 e.